The average Bonchev–Trinajstić information content (AvgIpc) is 3.37. The van der Waals surface area contributed by atoms with Crippen LogP contribution in [0, 0.1) is 6.92 Å². The summed E-state index contributed by atoms with van der Waals surface area (Å²) in [7, 11) is 0. The Balaban J connectivity index is 1.40. The van der Waals surface area contributed by atoms with E-state index in [1.807, 2.05) is 43.5 Å². The van der Waals surface area contributed by atoms with Gasteiger partial charge in [0, 0.05) is 35.8 Å². The lowest BCUT2D eigenvalue weighted by Crippen LogP contribution is -2.22. The smallest absolute Gasteiger partial charge is 0.161 e. The molecule has 0 amide bonds. The van der Waals surface area contributed by atoms with Crippen LogP contribution in [0.2, 0.25) is 0 Å². The molecular formula is C22H24N6O. The second kappa shape index (κ2) is 7.58. The van der Waals surface area contributed by atoms with Gasteiger partial charge in [0.1, 0.15) is 22.7 Å². The standard InChI is InChI=1S/C22H24N6O/c1-14-13-24-20(25-14)15-7-9-17(10-8-15)29-18-11-12-23-21-19(18)22(28-27-21)26-16-5-3-2-4-6-16/h7-13,16H,2-6H2,1H3,(H,24,25)(H2,23,26,27,28). The van der Waals surface area contributed by atoms with Gasteiger partial charge in [0.2, 0.25) is 0 Å². The summed E-state index contributed by atoms with van der Waals surface area (Å²) in [6, 6.07) is 10.2. The number of benzene rings is 1. The van der Waals surface area contributed by atoms with E-state index in [4.69, 9.17) is 4.74 Å². The summed E-state index contributed by atoms with van der Waals surface area (Å²) in [5.41, 5.74) is 2.79. The van der Waals surface area contributed by atoms with Crippen molar-refractivity contribution in [1.29, 1.82) is 0 Å². The lowest BCUT2D eigenvalue weighted by atomic mass is 9.95. The number of aryl methyl sites for hydroxylation is 1. The third kappa shape index (κ3) is 3.68. The Labute approximate surface area is 168 Å². The van der Waals surface area contributed by atoms with Gasteiger partial charge in [-0.25, -0.2) is 9.97 Å². The maximum atomic E-state index is 6.21. The van der Waals surface area contributed by atoms with Gasteiger partial charge in [-0.2, -0.15) is 5.10 Å². The first kappa shape index (κ1) is 17.7. The molecule has 148 valence electrons. The minimum absolute atomic E-state index is 0.458. The maximum Gasteiger partial charge on any atom is 0.161 e. The molecule has 3 N–H and O–H groups in total. The van der Waals surface area contributed by atoms with Crippen molar-refractivity contribution < 1.29 is 4.74 Å². The van der Waals surface area contributed by atoms with E-state index in [1.165, 1.54) is 32.1 Å². The van der Waals surface area contributed by atoms with E-state index >= 15 is 0 Å². The monoisotopic (exact) mass is 388 g/mol. The Morgan fingerprint density at radius 1 is 1.03 bits per heavy atom. The zero-order chi connectivity index (χ0) is 19.6. The van der Waals surface area contributed by atoms with E-state index in [2.05, 4.69) is 30.5 Å². The van der Waals surface area contributed by atoms with Gasteiger partial charge in [-0.15, -0.1) is 0 Å². The molecule has 1 aliphatic rings. The molecule has 7 nitrogen and oxygen atoms in total. The first-order chi connectivity index (χ1) is 14.3. The molecular weight excluding hydrogens is 364 g/mol. The number of nitrogens with zero attached hydrogens (tertiary/aromatic N) is 3. The van der Waals surface area contributed by atoms with Gasteiger partial charge in [0.15, 0.2) is 11.5 Å². The first-order valence-corrected chi connectivity index (χ1v) is 10.2. The zero-order valence-corrected chi connectivity index (χ0v) is 16.4. The van der Waals surface area contributed by atoms with Crippen molar-refractivity contribution in [2.24, 2.45) is 0 Å². The molecule has 5 rings (SSSR count). The van der Waals surface area contributed by atoms with Crippen molar-refractivity contribution in [3.63, 3.8) is 0 Å². The molecule has 3 heterocycles. The summed E-state index contributed by atoms with van der Waals surface area (Å²) in [6.07, 6.45) is 9.78. The number of aromatic nitrogens is 5. The summed E-state index contributed by atoms with van der Waals surface area (Å²) in [6.45, 7) is 1.99. The number of fused-ring (bicyclic) bond motifs is 1. The highest BCUT2D eigenvalue weighted by molar-refractivity contribution is 5.93. The molecule has 0 unspecified atom stereocenters. The van der Waals surface area contributed by atoms with Crippen molar-refractivity contribution in [3.8, 4) is 22.9 Å². The lowest BCUT2D eigenvalue weighted by Gasteiger charge is -2.22. The van der Waals surface area contributed by atoms with Crippen LogP contribution in [0.5, 0.6) is 11.5 Å². The predicted octanol–water partition coefficient (Wildman–Crippen LogP) is 5.19. The quantitative estimate of drug-likeness (QED) is 0.437. The molecule has 0 radical (unpaired) electrons. The highest BCUT2D eigenvalue weighted by Crippen LogP contribution is 2.34. The van der Waals surface area contributed by atoms with Crippen LogP contribution in [-0.2, 0) is 0 Å². The second-order valence-corrected chi connectivity index (χ2v) is 7.63. The molecule has 0 spiro atoms. The Morgan fingerprint density at radius 3 is 2.62 bits per heavy atom. The molecule has 0 bridgehead atoms. The van der Waals surface area contributed by atoms with Crippen LogP contribution in [-0.4, -0.2) is 31.2 Å². The van der Waals surface area contributed by atoms with Crippen molar-refractivity contribution in [3.05, 3.63) is 48.4 Å². The molecule has 0 aliphatic heterocycles. The number of pyridine rings is 1. The number of hydrogen-bond acceptors (Lipinski definition) is 5. The fourth-order valence-corrected chi connectivity index (χ4v) is 3.92. The molecule has 1 aliphatic carbocycles. The largest absolute Gasteiger partial charge is 0.456 e. The molecule has 4 aromatic rings. The summed E-state index contributed by atoms with van der Waals surface area (Å²) in [4.78, 5) is 12.0. The number of hydrogen-bond donors (Lipinski definition) is 3. The molecule has 29 heavy (non-hydrogen) atoms. The minimum atomic E-state index is 0.458. The second-order valence-electron chi connectivity index (χ2n) is 7.63. The third-order valence-corrected chi connectivity index (χ3v) is 5.43. The summed E-state index contributed by atoms with van der Waals surface area (Å²) in [5.74, 6) is 3.17. The van der Waals surface area contributed by atoms with Crippen LogP contribution in [0.3, 0.4) is 0 Å². The molecule has 1 saturated carbocycles. The average molecular weight is 388 g/mol. The van der Waals surface area contributed by atoms with Crippen LogP contribution in [0.25, 0.3) is 22.4 Å². The molecule has 0 saturated heterocycles. The number of anilines is 1. The van der Waals surface area contributed by atoms with E-state index in [1.54, 1.807) is 6.20 Å². The Kier molecular flexibility index (Phi) is 4.63. The van der Waals surface area contributed by atoms with E-state index in [0.717, 1.165) is 45.4 Å². The van der Waals surface area contributed by atoms with Crippen molar-refractivity contribution >= 4 is 16.9 Å². The van der Waals surface area contributed by atoms with Gasteiger partial charge >= 0.3 is 0 Å². The van der Waals surface area contributed by atoms with Gasteiger partial charge in [-0.3, -0.25) is 5.10 Å². The van der Waals surface area contributed by atoms with E-state index < -0.39 is 0 Å². The number of H-pyrrole nitrogens is 2. The van der Waals surface area contributed by atoms with Crippen LogP contribution >= 0.6 is 0 Å². The Bertz CT molecular complexity index is 1110. The van der Waals surface area contributed by atoms with Gasteiger partial charge in [0.05, 0.1) is 0 Å². The summed E-state index contributed by atoms with van der Waals surface area (Å²) < 4.78 is 6.21. The van der Waals surface area contributed by atoms with Gasteiger partial charge in [-0.05, 0) is 44.0 Å². The van der Waals surface area contributed by atoms with E-state index in [9.17, 15) is 0 Å². The van der Waals surface area contributed by atoms with Gasteiger partial charge in [-0.1, -0.05) is 19.3 Å². The first-order valence-electron chi connectivity index (χ1n) is 10.2. The molecule has 3 aromatic heterocycles. The van der Waals surface area contributed by atoms with Crippen molar-refractivity contribution in [1.82, 2.24) is 25.1 Å². The minimum Gasteiger partial charge on any atom is -0.456 e. The SMILES string of the molecule is Cc1cnc(-c2ccc(Oc3ccnc4[nH]nc(NC5CCCCC5)c34)cc2)[nH]1. The topological polar surface area (TPSA) is 91.5 Å². The van der Waals surface area contributed by atoms with Crippen LogP contribution in [0.4, 0.5) is 5.82 Å². The fraction of sp³-hybridized carbons (Fsp3) is 0.318. The van der Waals surface area contributed by atoms with Crippen molar-refractivity contribution in [2.75, 3.05) is 5.32 Å². The number of rotatable bonds is 5. The predicted molar refractivity (Wildman–Crippen MR) is 113 cm³/mol. The van der Waals surface area contributed by atoms with Crippen LogP contribution in [0.15, 0.2) is 42.7 Å². The third-order valence-electron chi connectivity index (χ3n) is 5.43. The number of imidazole rings is 1. The van der Waals surface area contributed by atoms with E-state index in [-0.39, 0.29) is 0 Å². The van der Waals surface area contributed by atoms with Gasteiger partial charge in [0.25, 0.3) is 0 Å². The zero-order valence-electron chi connectivity index (χ0n) is 16.4. The fourth-order valence-electron chi connectivity index (χ4n) is 3.92. The summed E-state index contributed by atoms with van der Waals surface area (Å²) in [5, 5.41) is 12.0. The number of nitrogens with one attached hydrogen (secondary N) is 3. The van der Waals surface area contributed by atoms with Crippen LogP contribution < -0.4 is 10.1 Å². The Morgan fingerprint density at radius 2 is 1.86 bits per heavy atom. The molecule has 1 aromatic carbocycles. The van der Waals surface area contributed by atoms with Crippen LogP contribution in [0.1, 0.15) is 37.8 Å². The number of aromatic amines is 2. The number of ether oxygens (including phenoxy) is 1. The van der Waals surface area contributed by atoms with Gasteiger partial charge < -0.3 is 15.0 Å². The normalized spacial score (nSPS) is 14.9. The van der Waals surface area contributed by atoms with Crippen molar-refractivity contribution in [2.45, 2.75) is 45.1 Å². The molecule has 1 fully saturated rings. The lowest BCUT2D eigenvalue weighted by molar-refractivity contribution is 0.461. The van der Waals surface area contributed by atoms with E-state index in [0.29, 0.717) is 6.04 Å². The highest BCUT2D eigenvalue weighted by Gasteiger charge is 2.18. The molecule has 0 atom stereocenters. The highest BCUT2D eigenvalue weighted by atomic mass is 16.5. The summed E-state index contributed by atoms with van der Waals surface area (Å²) >= 11 is 0. The molecule has 7 heteroatoms. The maximum absolute atomic E-state index is 6.21. The Hall–Kier alpha value is -3.35.